The molecule has 0 aliphatic heterocycles. The van der Waals surface area contributed by atoms with Gasteiger partial charge in [-0.2, -0.15) is 0 Å². The van der Waals surface area contributed by atoms with Crippen LogP contribution in [0.25, 0.3) is 0 Å². The van der Waals surface area contributed by atoms with E-state index in [4.69, 9.17) is 0 Å². The first-order chi connectivity index (χ1) is 6.88. The second-order valence-corrected chi connectivity index (χ2v) is 4.64. The van der Waals surface area contributed by atoms with Gasteiger partial charge in [-0.05, 0) is 31.6 Å². The van der Waals surface area contributed by atoms with Crippen molar-refractivity contribution in [1.82, 2.24) is 0 Å². The third-order valence-corrected chi connectivity index (χ3v) is 3.30. The van der Waals surface area contributed by atoms with E-state index in [-0.39, 0.29) is 0 Å². The normalized spacial score (nSPS) is 23.0. The van der Waals surface area contributed by atoms with Gasteiger partial charge in [0.2, 0.25) is 0 Å². The molecule has 1 rings (SSSR count). The molecule has 0 heteroatoms. The lowest BCUT2D eigenvalue weighted by atomic mass is 10.1. The minimum absolute atomic E-state index is 0.982. The molecule has 0 aromatic carbocycles. The zero-order valence-corrected chi connectivity index (χ0v) is 10.0. The summed E-state index contributed by atoms with van der Waals surface area (Å²) in [6, 6.07) is 0. The molecule has 0 radical (unpaired) electrons. The largest absolute Gasteiger partial charge is 0.0850 e. The monoisotopic (exact) mass is 194 g/mol. The van der Waals surface area contributed by atoms with Crippen LogP contribution in [0.2, 0.25) is 0 Å². The fourth-order valence-electron chi connectivity index (χ4n) is 2.09. The Morgan fingerprint density at radius 3 is 2.43 bits per heavy atom. The maximum absolute atomic E-state index is 2.51. The Hall–Kier alpha value is -0.260. The molecule has 0 amide bonds. The molecule has 14 heavy (non-hydrogen) atoms. The highest BCUT2D eigenvalue weighted by molar-refractivity contribution is 5.22. The van der Waals surface area contributed by atoms with Crippen LogP contribution in [0.4, 0.5) is 0 Å². The summed E-state index contributed by atoms with van der Waals surface area (Å²) >= 11 is 0. The van der Waals surface area contributed by atoms with Gasteiger partial charge in [-0.1, -0.05) is 57.6 Å². The summed E-state index contributed by atoms with van der Waals surface area (Å²) in [5.74, 6) is 0.982. The lowest BCUT2D eigenvalue weighted by molar-refractivity contribution is 0.611. The highest BCUT2D eigenvalue weighted by Gasteiger charge is 2.26. The van der Waals surface area contributed by atoms with E-state index < -0.39 is 0 Å². The van der Waals surface area contributed by atoms with E-state index in [2.05, 4.69) is 19.9 Å². The van der Waals surface area contributed by atoms with Crippen molar-refractivity contribution in [2.75, 3.05) is 0 Å². The Morgan fingerprint density at radius 1 is 1.07 bits per heavy atom. The average Bonchev–Trinajstić information content (AvgIpc) is 2.95. The SMILES string of the molecule is CCCCCCCCC=C1CC1CC. The molecule has 0 N–H and O–H groups in total. The lowest BCUT2D eigenvalue weighted by Crippen LogP contribution is -1.77. The van der Waals surface area contributed by atoms with Crippen molar-refractivity contribution in [1.29, 1.82) is 0 Å². The van der Waals surface area contributed by atoms with Crippen molar-refractivity contribution >= 4 is 0 Å². The third kappa shape index (κ3) is 4.83. The van der Waals surface area contributed by atoms with E-state index in [1.807, 2.05) is 0 Å². The molecule has 0 aromatic heterocycles. The molecule has 1 aliphatic rings. The van der Waals surface area contributed by atoms with Crippen LogP contribution in [0.5, 0.6) is 0 Å². The molecule has 0 nitrogen and oxygen atoms in total. The smallest absolute Gasteiger partial charge is 0.0168 e. The van der Waals surface area contributed by atoms with E-state index in [1.165, 1.54) is 57.8 Å². The maximum Gasteiger partial charge on any atom is -0.0168 e. The Bertz CT molecular complexity index is 167. The Balaban J connectivity index is 1.83. The molecule has 1 fully saturated rings. The molecule has 1 saturated carbocycles. The van der Waals surface area contributed by atoms with Crippen molar-refractivity contribution in [3.05, 3.63) is 11.6 Å². The zero-order chi connectivity index (χ0) is 10.2. The van der Waals surface area contributed by atoms with E-state index in [0.717, 1.165) is 5.92 Å². The minimum Gasteiger partial charge on any atom is -0.0850 e. The molecule has 1 unspecified atom stereocenters. The first kappa shape index (κ1) is 11.8. The standard InChI is InChI=1S/C14H26/c1-3-5-6-7-8-9-10-11-14-12-13(14)4-2/h11,13H,3-10,12H2,1-2H3. The Morgan fingerprint density at radius 2 is 1.79 bits per heavy atom. The second kappa shape index (κ2) is 7.09. The Labute approximate surface area is 89.8 Å². The molecule has 1 aliphatic carbocycles. The summed E-state index contributed by atoms with van der Waals surface area (Å²) in [7, 11) is 0. The lowest BCUT2D eigenvalue weighted by Gasteiger charge is -1.97. The predicted octanol–water partition coefficient (Wildman–Crippen LogP) is 5.09. The summed E-state index contributed by atoms with van der Waals surface area (Å²) in [5, 5.41) is 0. The van der Waals surface area contributed by atoms with Gasteiger partial charge in [0.25, 0.3) is 0 Å². The molecule has 0 bridgehead atoms. The summed E-state index contributed by atoms with van der Waals surface area (Å²) < 4.78 is 0. The number of hydrogen-bond acceptors (Lipinski definition) is 0. The maximum atomic E-state index is 2.51. The quantitative estimate of drug-likeness (QED) is 0.373. The molecule has 0 aromatic rings. The highest BCUT2D eigenvalue weighted by Crippen LogP contribution is 2.40. The van der Waals surface area contributed by atoms with Gasteiger partial charge in [-0.3, -0.25) is 0 Å². The first-order valence-corrected chi connectivity index (χ1v) is 6.57. The van der Waals surface area contributed by atoms with Crippen LogP contribution in [0, 0.1) is 5.92 Å². The molecule has 0 spiro atoms. The van der Waals surface area contributed by atoms with E-state index in [9.17, 15) is 0 Å². The number of allylic oxidation sites excluding steroid dienone is 2. The zero-order valence-electron chi connectivity index (χ0n) is 10.0. The molecular formula is C14H26. The van der Waals surface area contributed by atoms with Gasteiger partial charge in [-0.15, -0.1) is 0 Å². The van der Waals surface area contributed by atoms with Crippen molar-refractivity contribution in [3.63, 3.8) is 0 Å². The minimum atomic E-state index is 0.982. The van der Waals surface area contributed by atoms with Crippen LogP contribution in [0.15, 0.2) is 11.6 Å². The molecular weight excluding hydrogens is 168 g/mol. The van der Waals surface area contributed by atoms with Crippen LogP contribution >= 0.6 is 0 Å². The molecule has 0 saturated heterocycles. The summed E-state index contributed by atoms with van der Waals surface area (Å²) in [6.07, 6.45) is 15.2. The van der Waals surface area contributed by atoms with Gasteiger partial charge in [0.1, 0.15) is 0 Å². The van der Waals surface area contributed by atoms with Crippen molar-refractivity contribution in [3.8, 4) is 0 Å². The molecule has 1 atom stereocenters. The number of unbranched alkanes of at least 4 members (excludes halogenated alkanes) is 6. The van der Waals surface area contributed by atoms with Gasteiger partial charge in [-0.25, -0.2) is 0 Å². The fourth-order valence-corrected chi connectivity index (χ4v) is 2.09. The van der Waals surface area contributed by atoms with Crippen molar-refractivity contribution in [2.24, 2.45) is 5.92 Å². The summed E-state index contributed by atoms with van der Waals surface area (Å²) in [5.41, 5.74) is 1.75. The Kier molecular flexibility index (Phi) is 5.98. The van der Waals surface area contributed by atoms with E-state index in [1.54, 1.807) is 5.57 Å². The van der Waals surface area contributed by atoms with Gasteiger partial charge in [0.15, 0.2) is 0 Å². The fraction of sp³-hybridized carbons (Fsp3) is 0.857. The summed E-state index contributed by atoms with van der Waals surface area (Å²) in [4.78, 5) is 0. The van der Waals surface area contributed by atoms with Crippen molar-refractivity contribution < 1.29 is 0 Å². The van der Waals surface area contributed by atoms with E-state index in [0.29, 0.717) is 0 Å². The first-order valence-electron chi connectivity index (χ1n) is 6.57. The molecule has 0 heterocycles. The summed E-state index contributed by atoms with van der Waals surface area (Å²) in [6.45, 7) is 4.58. The van der Waals surface area contributed by atoms with Gasteiger partial charge in [0, 0.05) is 0 Å². The van der Waals surface area contributed by atoms with E-state index >= 15 is 0 Å². The number of rotatable bonds is 8. The van der Waals surface area contributed by atoms with Gasteiger partial charge >= 0.3 is 0 Å². The second-order valence-electron chi connectivity index (χ2n) is 4.64. The topological polar surface area (TPSA) is 0 Å². The van der Waals surface area contributed by atoms with Crippen LogP contribution in [-0.4, -0.2) is 0 Å². The van der Waals surface area contributed by atoms with Crippen LogP contribution in [0.1, 0.15) is 71.6 Å². The number of hydrogen-bond donors (Lipinski definition) is 0. The van der Waals surface area contributed by atoms with Gasteiger partial charge in [0.05, 0.1) is 0 Å². The van der Waals surface area contributed by atoms with Gasteiger partial charge < -0.3 is 0 Å². The van der Waals surface area contributed by atoms with Crippen LogP contribution in [-0.2, 0) is 0 Å². The predicted molar refractivity (Wildman–Crippen MR) is 64.5 cm³/mol. The van der Waals surface area contributed by atoms with Crippen molar-refractivity contribution in [2.45, 2.75) is 71.6 Å². The highest BCUT2D eigenvalue weighted by atomic mass is 14.3. The average molecular weight is 194 g/mol. The van der Waals surface area contributed by atoms with Crippen LogP contribution < -0.4 is 0 Å². The van der Waals surface area contributed by atoms with Crippen LogP contribution in [0.3, 0.4) is 0 Å². The molecule has 82 valence electrons. The third-order valence-electron chi connectivity index (χ3n) is 3.30.